The number of nitrogens with zero attached hydrogens (tertiary/aromatic N) is 1. The van der Waals surface area contributed by atoms with E-state index < -0.39 is 0 Å². The minimum Gasteiger partial charge on any atom is -0.374 e. The molecule has 1 aliphatic rings. The Kier molecular flexibility index (Phi) is 7.42. The van der Waals surface area contributed by atoms with Crippen molar-refractivity contribution in [2.45, 2.75) is 45.3 Å². The minimum absolute atomic E-state index is 0.0144. The Labute approximate surface area is 173 Å². The van der Waals surface area contributed by atoms with Crippen LogP contribution in [0.3, 0.4) is 0 Å². The van der Waals surface area contributed by atoms with E-state index in [9.17, 15) is 9.59 Å². The van der Waals surface area contributed by atoms with Gasteiger partial charge >= 0.3 is 0 Å². The number of ether oxygens (including phenoxy) is 1. The zero-order chi connectivity index (χ0) is 20.6. The van der Waals surface area contributed by atoms with Crippen molar-refractivity contribution in [3.8, 4) is 0 Å². The van der Waals surface area contributed by atoms with Crippen molar-refractivity contribution in [3.63, 3.8) is 0 Å². The molecular weight excluding hydrogens is 364 g/mol. The molecule has 1 heterocycles. The van der Waals surface area contributed by atoms with Gasteiger partial charge in [-0.3, -0.25) is 9.59 Å². The van der Waals surface area contributed by atoms with Crippen LogP contribution >= 0.6 is 0 Å². The molecule has 0 aromatic heterocycles. The van der Waals surface area contributed by atoms with Gasteiger partial charge in [-0.25, -0.2) is 0 Å². The standard InChI is InChI=1S/C24H30N2O3/c1-18(20-9-4-3-5-10-20)29-16-8-14-25-24(28)17-23-22-12-7-6-11-21(22)13-15-26(23)19(2)27/h3-7,9-12,18,23H,8,13-17H2,1-2H3,(H,25,28). The van der Waals surface area contributed by atoms with Crippen LogP contribution in [0.1, 0.15) is 55.5 Å². The number of amides is 2. The van der Waals surface area contributed by atoms with Gasteiger partial charge < -0.3 is 15.0 Å². The molecule has 2 atom stereocenters. The Bertz CT molecular complexity index is 822. The molecule has 0 spiro atoms. The first-order valence-electron chi connectivity index (χ1n) is 10.3. The lowest BCUT2D eigenvalue weighted by Gasteiger charge is -2.36. The summed E-state index contributed by atoms with van der Waals surface area (Å²) in [5.74, 6) is -0.0188. The third-order valence-electron chi connectivity index (χ3n) is 5.48. The maximum atomic E-state index is 12.5. The van der Waals surface area contributed by atoms with E-state index in [0.717, 1.165) is 24.0 Å². The minimum atomic E-state index is -0.188. The number of hydrogen-bond acceptors (Lipinski definition) is 3. The van der Waals surface area contributed by atoms with E-state index in [1.807, 2.05) is 48.2 Å². The van der Waals surface area contributed by atoms with Crippen molar-refractivity contribution in [1.29, 1.82) is 0 Å². The van der Waals surface area contributed by atoms with Crippen molar-refractivity contribution in [3.05, 3.63) is 71.3 Å². The number of carbonyl (C=O) groups is 2. The van der Waals surface area contributed by atoms with Gasteiger partial charge in [0.25, 0.3) is 0 Å². The number of carbonyl (C=O) groups excluding carboxylic acids is 2. The van der Waals surface area contributed by atoms with Crippen molar-refractivity contribution < 1.29 is 14.3 Å². The molecule has 2 aromatic carbocycles. The number of fused-ring (bicyclic) bond motifs is 1. The van der Waals surface area contributed by atoms with Crippen molar-refractivity contribution >= 4 is 11.8 Å². The molecule has 0 radical (unpaired) electrons. The van der Waals surface area contributed by atoms with Crippen LogP contribution in [0.4, 0.5) is 0 Å². The third-order valence-corrected chi connectivity index (χ3v) is 5.48. The van der Waals surface area contributed by atoms with E-state index in [1.165, 1.54) is 5.56 Å². The fourth-order valence-corrected chi connectivity index (χ4v) is 3.88. The average molecular weight is 395 g/mol. The van der Waals surface area contributed by atoms with Crippen LogP contribution in [0.2, 0.25) is 0 Å². The first-order valence-corrected chi connectivity index (χ1v) is 10.3. The zero-order valence-electron chi connectivity index (χ0n) is 17.3. The molecule has 0 aliphatic carbocycles. The van der Waals surface area contributed by atoms with Gasteiger partial charge in [0.1, 0.15) is 0 Å². The predicted molar refractivity (Wildman–Crippen MR) is 113 cm³/mol. The van der Waals surface area contributed by atoms with E-state index in [4.69, 9.17) is 4.74 Å². The number of hydrogen-bond donors (Lipinski definition) is 1. The first-order chi connectivity index (χ1) is 14.1. The average Bonchev–Trinajstić information content (AvgIpc) is 2.74. The maximum absolute atomic E-state index is 12.5. The summed E-state index contributed by atoms with van der Waals surface area (Å²) in [4.78, 5) is 26.4. The summed E-state index contributed by atoms with van der Waals surface area (Å²) >= 11 is 0. The van der Waals surface area contributed by atoms with Crippen LogP contribution in [0.15, 0.2) is 54.6 Å². The molecule has 2 amide bonds. The van der Waals surface area contributed by atoms with Gasteiger partial charge in [-0.15, -0.1) is 0 Å². The molecule has 0 saturated heterocycles. The maximum Gasteiger partial charge on any atom is 0.222 e. The molecule has 5 heteroatoms. The van der Waals surface area contributed by atoms with Gasteiger partial charge in [0, 0.05) is 26.6 Å². The summed E-state index contributed by atoms with van der Waals surface area (Å²) in [6.45, 7) is 5.42. The lowest BCUT2D eigenvalue weighted by Crippen LogP contribution is -2.41. The molecule has 154 valence electrons. The van der Waals surface area contributed by atoms with Gasteiger partial charge in [-0.1, -0.05) is 54.6 Å². The normalized spacial score (nSPS) is 16.8. The van der Waals surface area contributed by atoms with Gasteiger partial charge in [0.15, 0.2) is 0 Å². The van der Waals surface area contributed by atoms with Crippen molar-refractivity contribution in [2.75, 3.05) is 19.7 Å². The highest BCUT2D eigenvalue weighted by Crippen LogP contribution is 2.32. The van der Waals surface area contributed by atoms with Gasteiger partial charge in [0.05, 0.1) is 18.6 Å². The fraction of sp³-hybridized carbons (Fsp3) is 0.417. The van der Waals surface area contributed by atoms with E-state index in [-0.39, 0.29) is 30.4 Å². The number of benzene rings is 2. The van der Waals surface area contributed by atoms with Crippen LogP contribution in [-0.4, -0.2) is 36.4 Å². The zero-order valence-corrected chi connectivity index (χ0v) is 17.3. The van der Waals surface area contributed by atoms with Crippen LogP contribution < -0.4 is 5.32 Å². The fourth-order valence-electron chi connectivity index (χ4n) is 3.88. The van der Waals surface area contributed by atoms with Crippen LogP contribution in [0.25, 0.3) is 0 Å². The summed E-state index contributed by atoms with van der Waals surface area (Å²) < 4.78 is 5.85. The monoisotopic (exact) mass is 394 g/mol. The Morgan fingerprint density at radius 2 is 1.86 bits per heavy atom. The molecule has 5 nitrogen and oxygen atoms in total. The summed E-state index contributed by atoms with van der Waals surface area (Å²) in [5.41, 5.74) is 3.46. The van der Waals surface area contributed by atoms with Crippen LogP contribution in [-0.2, 0) is 20.7 Å². The van der Waals surface area contributed by atoms with Gasteiger partial charge in [-0.2, -0.15) is 0 Å². The highest BCUT2D eigenvalue weighted by molar-refractivity contribution is 5.79. The largest absolute Gasteiger partial charge is 0.374 e. The summed E-state index contributed by atoms with van der Waals surface area (Å²) in [5, 5.41) is 2.98. The van der Waals surface area contributed by atoms with E-state index in [0.29, 0.717) is 19.7 Å². The highest BCUT2D eigenvalue weighted by atomic mass is 16.5. The summed E-state index contributed by atoms with van der Waals surface area (Å²) in [7, 11) is 0. The van der Waals surface area contributed by atoms with E-state index in [2.05, 4.69) is 23.5 Å². The van der Waals surface area contributed by atoms with Gasteiger partial charge in [0.2, 0.25) is 11.8 Å². The molecule has 2 aromatic rings. The summed E-state index contributed by atoms with van der Waals surface area (Å²) in [6, 6.07) is 18.0. The molecule has 0 bridgehead atoms. The molecule has 0 saturated carbocycles. The Balaban J connectivity index is 1.45. The molecule has 3 rings (SSSR count). The second-order valence-corrected chi connectivity index (χ2v) is 7.51. The molecule has 1 aliphatic heterocycles. The first kappa shape index (κ1) is 21.1. The summed E-state index contributed by atoms with van der Waals surface area (Å²) in [6.07, 6.45) is 1.92. The predicted octanol–water partition coefficient (Wildman–Crippen LogP) is 3.81. The third kappa shape index (κ3) is 5.67. The van der Waals surface area contributed by atoms with Crippen molar-refractivity contribution in [2.24, 2.45) is 0 Å². The van der Waals surface area contributed by atoms with Crippen molar-refractivity contribution in [1.82, 2.24) is 10.2 Å². The van der Waals surface area contributed by atoms with E-state index in [1.54, 1.807) is 6.92 Å². The second-order valence-electron chi connectivity index (χ2n) is 7.51. The Hall–Kier alpha value is -2.66. The second kappa shape index (κ2) is 10.2. The molecule has 2 unspecified atom stereocenters. The molecule has 29 heavy (non-hydrogen) atoms. The van der Waals surface area contributed by atoms with Crippen LogP contribution in [0, 0.1) is 0 Å². The Morgan fingerprint density at radius 3 is 2.62 bits per heavy atom. The Morgan fingerprint density at radius 1 is 1.14 bits per heavy atom. The number of rotatable bonds is 8. The SMILES string of the molecule is CC(=O)N1CCc2ccccc2C1CC(=O)NCCCOC(C)c1ccccc1. The lowest BCUT2D eigenvalue weighted by atomic mass is 9.90. The smallest absolute Gasteiger partial charge is 0.222 e. The van der Waals surface area contributed by atoms with E-state index >= 15 is 0 Å². The molecular formula is C24H30N2O3. The lowest BCUT2D eigenvalue weighted by molar-refractivity contribution is -0.133. The molecule has 1 N–H and O–H groups in total. The highest BCUT2D eigenvalue weighted by Gasteiger charge is 2.30. The quantitative estimate of drug-likeness (QED) is 0.693. The van der Waals surface area contributed by atoms with Crippen LogP contribution in [0.5, 0.6) is 0 Å². The molecule has 0 fully saturated rings. The topological polar surface area (TPSA) is 58.6 Å². The number of nitrogens with one attached hydrogen (secondary N) is 1. The van der Waals surface area contributed by atoms with Gasteiger partial charge in [-0.05, 0) is 36.5 Å².